The van der Waals surface area contributed by atoms with Crippen LogP contribution in [0.25, 0.3) is 11.0 Å². The number of anilines is 1. The number of hydrogen-bond donors (Lipinski definition) is 1. The lowest BCUT2D eigenvalue weighted by Crippen LogP contribution is -2.35. The molecule has 3 heterocycles. The number of ether oxygens (including phenoxy) is 8. The van der Waals surface area contributed by atoms with Crippen molar-refractivity contribution in [3.63, 3.8) is 0 Å². The SMILES string of the molecule is COc1cc(NC(=O)[C@@H]2Oc3c(c(=O)oc4ccccc34)[C@H]2c2cc(OC)c3c(c2OC)OCO3)cc(OC)c1OC. The smallest absolute Gasteiger partial charge is 0.344 e. The molecule has 12 heteroatoms. The molecule has 1 amide bonds. The van der Waals surface area contributed by atoms with Crippen LogP contribution in [0, 0.1) is 0 Å². The molecule has 0 saturated heterocycles. The van der Waals surface area contributed by atoms with E-state index in [-0.39, 0.29) is 29.6 Å². The van der Waals surface area contributed by atoms with Crippen LogP contribution in [0.5, 0.6) is 46.0 Å². The summed E-state index contributed by atoms with van der Waals surface area (Å²) >= 11 is 0. The Morgan fingerprint density at radius 1 is 0.810 bits per heavy atom. The second-order valence-electron chi connectivity index (χ2n) is 9.31. The van der Waals surface area contributed by atoms with Crippen LogP contribution in [0.2, 0.25) is 0 Å². The topological polar surface area (TPSA) is 133 Å². The molecule has 12 nitrogen and oxygen atoms in total. The molecule has 4 aromatic rings. The van der Waals surface area contributed by atoms with Gasteiger partial charge in [0, 0.05) is 23.4 Å². The number of carbonyl (C=O) groups excluding carboxylic acids is 1. The largest absolute Gasteiger partial charge is 0.493 e. The minimum absolute atomic E-state index is 0.0545. The molecule has 2 aliphatic rings. The molecule has 0 bridgehead atoms. The van der Waals surface area contributed by atoms with Crippen molar-refractivity contribution in [2.24, 2.45) is 0 Å². The molecule has 0 unspecified atom stereocenters. The van der Waals surface area contributed by atoms with E-state index < -0.39 is 23.6 Å². The highest BCUT2D eigenvalue weighted by molar-refractivity contribution is 5.98. The highest BCUT2D eigenvalue weighted by Crippen LogP contribution is 2.55. The lowest BCUT2D eigenvalue weighted by molar-refractivity contribution is -0.122. The Kier molecular flexibility index (Phi) is 6.81. The summed E-state index contributed by atoms with van der Waals surface area (Å²) in [4.78, 5) is 27.6. The van der Waals surface area contributed by atoms with E-state index in [2.05, 4.69) is 5.32 Å². The van der Waals surface area contributed by atoms with E-state index >= 15 is 0 Å². The zero-order valence-corrected chi connectivity index (χ0v) is 23.4. The molecule has 1 aromatic heterocycles. The van der Waals surface area contributed by atoms with Gasteiger partial charge in [0.15, 0.2) is 29.1 Å². The summed E-state index contributed by atoms with van der Waals surface area (Å²) in [5, 5.41) is 3.40. The molecular formula is C30H27NO11. The van der Waals surface area contributed by atoms with Crippen LogP contribution >= 0.6 is 0 Å². The van der Waals surface area contributed by atoms with Crippen molar-refractivity contribution < 1.29 is 47.1 Å². The summed E-state index contributed by atoms with van der Waals surface area (Å²) in [6.45, 7) is -0.0545. The van der Waals surface area contributed by atoms with Crippen molar-refractivity contribution >= 4 is 22.6 Å². The van der Waals surface area contributed by atoms with Gasteiger partial charge in [-0.2, -0.15) is 0 Å². The molecule has 42 heavy (non-hydrogen) atoms. The second-order valence-corrected chi connectivity index (χ2v) is 9.31. The summed E-state index contributed by atoms with van der Waals surface area (Å²) in [5.74, 6) is 0.964. The van der Waals surface area contributed by atoms with E-state index in [4.69, 9.17) is 42.3 Å². The number of benzene rings is 3. The quantitative estimate of drug-likeness (QED) is 0.304. The van der Waals surface area contributed by atoms with Crippen LogP contribution in [0.3, 0.4) is 0 Å². The minimum atomic E-state index is -1.24. The standard InChI is InChI=1S/C30H27NO11/c1-34-18-10-14(11-19(35-2)25(18)38-5)31-29(32)27-21(16-12-20(36-3)26-28(24(16)37-4)40-13-39-26)22-23(42-27)15-8-6-7-9-17(15)41-30(22)33/h6-12,21,27H,13H2,1-5H3,(H,31,32)/t21-,27-/m1/s1. The lowest BCUT2D eigenvalue weighted by atomic mass is 9.87. The molecule has 0 fully saturated rings. The normalized spacial score (nSPS) is 16.4. The fourth-order valence-corrected chi connectivity index (χ4v) is 5.39. The number of fused-ring (bicyclic) bond motifs is 4. The Labute approximate surface area is 239 Å². The van der Waals surface area contributed by atoms with E-state index in [0.717, 1.165) is 0 Å². The number of hydrogen-bond acceptors (Lipinski definition) is 11. The monoisotopic (exact) mass is 577 g/mol. The highest BCUT2D eigenvalue weighted by atomic mass is 16.7. The summed E-state index contributed by atoms with van der Waals surface area (Å²) in [5.41, 5.74) is 0.569. The first-order valence-corrected chi connectivity index (χ1v) is 12.8. The van der Waals surface area contributed by atoms with Crippen molar-refractivity contribution in [1.29, 1.82) is 0 Å². The van der Waals surface area contributed by atoms with Crippen LogP contribution in [0.15, 0.2) is 51.7 Å². The highest BCUT2D eigenvalue weighted by Gasteiger charge is 2.47. The van der Waals surface area contributed by atoms with E-state index in [1.165, 1.54) is 35.5 Å². The van der Waals surface area contributed by atoms with E-state index in [1.54, 1.807) is 42.5 Å². The van der Waals surface area contributed by atoms with Crippen molar-refractivity contribution in [3.05, 3.63) is 64.0 Å². The maximum Gasteiger partial charge on any atom is 0.344 e. The number of amides is 1. The fraction of sp³-hybridized carbons (Fsp3) is 0.267. The molecule has 6 rings (SSSR count). The first kappa shape index (κ1) is 26.9. The first-order chi connectivity index (χ1) is 20.4. The summed E-state index contributed by atoms with van der Waals surface area (Å²) in [6, 6.07) is 11.8. The average molecular weight is 578 g/mol. The molecule has 0 aliphatic carbocycles. The number of nitrogens with one attached hydrogen (secondary N) is 1. The Balaban J connectivity index is 1.52. The van der Waals surface area contributed by atoms with Crippen LogP contribution < -0.4 is 48.8 Å². The van der Waals surface area contributed by atoms with Gasteiger partial charge in [0.1, 0.15) is 11.3 Å². The molecule has 0 saturated carbocycles. The second kappa shape index (κ2) is 10.6. The number of para-hydroxylation sites is 1. The van der Waals surface area contributed by atoms with Gasteiger partial charge in [-0.25, -0.2) is 4.79 Å². The fourth-order valence-electron chi connectivity index (χ4n) is 5.39. The Hall–Kier alpha value is -5.26. The van der Waals surface area contributed by atoms with Crippen molar-refractivity contribution in [2.45, 2.75) is 12.0 Å². The third-order valence-electron chi connectivity index (χ3n) is 7.20. The molecule has 2 atom stereocenters. The molecule has 3 aromatic carbocycles. The maximum atomic E-state index is 14.0. The molecule has 218 valence electrons. The van der Waals surface area contributed by atoms with Crippen molar-refractivity contribution in [1.82, 2.24) is 0 Å². The summed E-state index contributed by atoms with van der Waals surface area (Å²) < 4.78 is 50.9. The van der Waals surface area contributed by atoms with Gasteiger partial charge >= 0.3 is 5.63 Å². The Bertz CT molecular complexity index is 1740. The van der Waals surface area contributed by atoms with Crippen molar-refractivity contribution in [3.8, 4) is 46.0 Å². The van der Waals surface area contributed by atoms with Crippen LogP contribution in [0.1, 0.15) is 17.0 Å². The minimum Gasteiger partial charge on any atom is -0.493 e. The van der Waals surface area contributed by atoms with Crippen LogP contribution in [0.4, 0.5) is 5.69 Å². The van der Waals surface area contributed by atoms with Gasteiger partial charge in [0.05, 0.1) is 52.4 Å². The van der Waals surface area contributed by atoms with Gasteiger partial charge in [0.2, 0.25) is 24.0 Å². The lowest BCUT2D eigenvalue weighted by Gasteiger charge is -2.22. The predicted octanol–water partition coefficient (Wildman–Crippen LogP) is 4.10. The molecule has 2 aliphatic heterocycles. The van der Waals surface area contributed by atoms with Gasteiger partial charge in [-0.1, -0.05) is 12.1 Å². The Morgan fingerprint density at radius 2 is 1.48 bits per heavy atom. The number of methoxy groups -OCH3 is 5. The number of carbonyl (C=O) groups is 1. The maximum absolute atomic E-state index is 14.0. The predicted molar refractivity (Wildman–Crippen MR) is 149 cm³/mol. The molecule has 0 spiro atoms. The zero-order valence-electron chi connectivity index (χ0n) is 23.4. The van der Waals surface area contributed by atoms with Crippen LogP contribution in [-0.2, 0) is 4.79 Å². The Morgan fingerprint density at radius 3 is 2.14 bits per heavy atom. The van der Waals surface area contributed by atoms with E-state index in [0.29, 0.717) is 51.0 Å². The zero-order chi connectivity index (χ0) is 29.5. The first-order valence-electron chi connectivity index (χ1n) is 12.8. The van der Waals surface area contributed by atoms with Gasteiger partial charge in [-0.3, -0.25) is 4.79 Å². The van der Waals surface area contributed by atoms with Crippen LogP contribution in [-0.4, -0.2) is 54.4 Å². The molecular weight excluding hydrogens is 550 g/mol. The summed E-state index contributed by atoms with van der Waals surface area (Å²) in [6.07, 6.45) is -1.24. The summed E-state index contributed by atoms with van der Waals surface area (Å²) in [7, 11) is 7.36. The van der Waals surface area contributed by atoms with Gasteiger partial charge in [-0.05, 0) is 18.2 Å². The third-order valence-corrected chi connectivity index (χ3v) is 7.20. The third kappa shape index (κ3) is 4.14. The number of rotatable bonds is 8. The van der Waals surface area contributed by atoms with E-state index in [1.807, 2.05) is 0 Å². The van der Waals surface area contributed by atoms with Gasteiger partial charge in [0.25, 0.3) is 5.91 Å². The molecule has 1 N–H and O–H groups in total. The van der Waals surface area contributed by atoms with Gasteiger partial charge < -0.3 is 47.6 Å². The molecule has 0 radical (unpaired) electrons. The van der Waals surface area contributed by atoms with Gasteiger partial charge in [-0.15, -0.1) is 0 Å². The van der Waals surface area contributed by atoms with Crippen molar-refractivity contribution in [2.75, 3.05) is 47.7 Å². The van der Waals surface area contributed by atoms with E-state index in [9.17, 15) is 9.59 Å². The average Bonchev–Trinajstić information content (AvgIpc) is 3.66.